The number of nitrogens with two attached hydrogens (primary N) is 1. The van der Waals surface area contributed by atoms with Gasteiger partial charge in [0.25, 0.3) is 0 Å². The Morgan fingerprint density at radius 2 is 1.27 bits per heavy atom. The molecule has 17 rings (SSSR count). The molecule has 6 aromatic rings. The Bertz CT molecular complexity index is 5050. The number of phenols is 3. The molecule has 18 atom stereocenters. The average molecular weight is 1760 g/mol. The third-order valence-electron chi connectivity index (χ3n) is 24.8. The van der Waals surface area contributed by atoms with Crippen LogP contribution in [-0.4, -0.2) is 210 Å². The molecule has 664 valence electrons. The van der Waals surface area contributed by atoms with Gasteiger partial charge >= 0.3 is 0 Å². The number of aliphatic hydroxyl groups is 7. The molecular formula is C87H102Cl2N10O25. The number of carbonyl (C=O) groups excluding carboxylic acids is 9. The first kappa shape index (κ1) is 89.8. The number of nitrogens with one attached hydrogen (secondary N) is 9. The number of aromatic hydroxyl groups is 3. The van der Waals surface area contributed by atoms with Gasteiger partial charge in [0.15, 0.2) is 17.8 Å². The highest BCUT2D eigenvalue weighted by molar-refractivity contribution is 6.32. The van der Waals surface area contributed by atoms with Gasteiger partial charge in [-0.2, -0.15) is 0 Å². The van der Waals surface area contributed by atoms with E-state index in [-0.39, 0.29) is 111 Å². The quantitative estimate of drug-likeness (QED) is 0.0552. The van der Waals surface area contributed by atoms with Gasteiger partial charge in [0.05, 0.1) is 53.8 Å². The highest BCUT2D eigenvalue weighted by Crippen LogP contribution is 2.55. The zero-order valence-electron chi connectivity index (χ0n) is 68.2. The zero-order valence-corrected chi connectivity index (χ0v) is 69.7. The van der Waals surface area contributed by atoms with E-state index in [2.05, 4.69) is 47.9 Å². The molecular weight excluding hydrogens is 1660 g/mol. The number of benzene rings is 6. The van der Waals surface area contributed by atoms with Crippen LogP contribution in [0.5, 0.6) is 51.7 Å². The molecule has 6 aromatic carbocycles. The van der Waals surface area contributed by atoms with Crippen LogP contribution in [0.1, 0.15) is 149 Å². The molecule has 15 bridgehead atoms. The Hall–Kier alpha value is -10.5. The first-order chi connectivity index (χ1) is 59.0. The van der Waals surface area contributed by atoms with Crippen LogP contribution in [0.15, 0.2) is 103 Å². The van der Waals surface area contributed by atoms with Crippen LogP contribution in [0.3, 0.4) is 0 Å². The van der Waals surface area contributed by atoms with Gasteiger partial charge in [0, 0.05) is 47.7 Å². The maximum absolute atomic E-state index is 16.7. The van der Waals surface area contributed by atoms with Gasteiger partial charge in [-0.1, -0.05) is 67.4 Å². The smallest absolute Gasteiger partial charge is 0.248 e. The van der Waals surface area contributed by atoms with E-state index in [1.807, 2.05) is 13.8 Å². The second-order valence-corrected chi connectivity index (χ2v) is 35.0. The molecule has 0 spiro atoms. The highest BCUT2D eigenvalue weighted by Gasteiger charge is 2.53. The molecule has 124 heavy (non-hydrogen) atoms. The molecule has 35 nitrogen and oxygen atoms in total. The minimum atomic E-state index is -2.39. The van der Waals surface area contributed by atoms with Crippen molar-refractivity contribution in [2.75, 3.05) is 26.9 Å². The summed E-state index contributed by atoms with van der Waals surface area (Å²) in [6.07, 6.45) is -12.4. The minimum absolute atomic E-state index is 0.0400. The summed E-state index contributed by atoms with van der Waals surface area (Å²) >= 11 is 14.5. The van der Waals surface area contributed by atoms with Crippen molar-refractivity contribution in [1.82, 2.24) is 47.9 Å². The number of halogens is 2. The van der Waals surface area contributed by atoms with Crippen LogP contribution in [0.4, 0.5) is 0 Å². The molecule has 0 unspecified atom stereocenters. The summed E-state index contributed by atoms with van der Waals surface area (Å²) in [5, 5.41) is 140. The first-order valence-corrected chi connectivity index (χ1v) is 42.0. The van der Waals surface area contributed by atoms with E-state index in [1.54, 1.807) is 6.92 Å². The molecule has 37 heteroatoms. The Morgan fingerprint density at radius 3 is 1.89 bits per heavy atom. The van der Waals surface area contributed by atoms with Gasteiger partial charge in [-0.25, -0.2) is 0 Å². The van der Waals surface area contributed by atoms with Crippen molar-refractivity contribution in [2.24, 2.45) is 41.2 Å². The zero-order chi connectivity index (χ0) is 88.8. The number of likely N-dealkylation sites (N-methyl/N-ethyl adjacent to an activating group) is 1. The molecule has 21 N–H and O–H groups in total. The molecule has 9 amide bonds. The maximum Gasteiger partial charge on any atom is 0.248 e. The van der Waals surface area contributed by atoms with E-state index >= 15 is 28.8 Å². The standard InChI is InChI=1S/C87H102Cl2N10O25/c1-36(2)18-54(91-5)80(112)98-71-73(107)42-9-14-58(52(88)26-42)121-60-28-46-29-61(77(60)123-62-30-47(35-101)75(109)76(110)78(62)124-65-34-87(4,90)79(111)37(3)120-65)122-59-15-10-43(27-53(59)89)74(108)72-86(118)97-70(84(116)94-67-44-20-39-19-40(22-44)23-45(67)21-39)51-31-48(102)32-57(104)66(51)50-25-41(8-13-56(50)103)68(82(114)99-72)96-83(115)69(46)95-81(113)55(92-85(71)117)33-64(106)93-63(105)24-38-6-11-49(12-7-38)119-17-16-100/h6-15,25-29,31-32,36-37,39-40,44-45,47,54-55,62,65,67-76,78-79,91,100-104,107-111H,16-24,30,33-35,90H2,1-5H3,(H,92,117)(H,94,116)(H,95,113)(H,96,115)(H,97,118)(H,98,112)(H,99,114)(H,93,105,106)/t37-,39?,40?,44?,45?,47+,54+,55-,62+,65-,67?,68+,69+,70-,71+,72-,73+,74+,75+,76-,78-,79+,87-/m0/s1. The number of ether oxygens (including phenoxy) is 6. The molecule has 1 saturated heterocycles. The number of rotatable bonds is 19. The number of aliphatic hydroxyl groups excluding tert-OH is 7. The Morgan fingerprint density at radius 1 is 0.653 bits per heavy atom. The maximum atomic E-state index is 16.7. The van der Waals surface area contributed by atoms with Gasteiger partial charge in [-0.3, -0.25) is 48.5 Å². The summed E-state index contributed by atoms with van der Waals surface area (Å²) in [5.41, 5.74) is 3.41. The number of imide groups is 1. The lowest BCUT2D eigenvalue weighted by atomic mass is 9.54. The number of carbonyl (C=O) groups is 9. The second-order valence-electron chi connectivity index (χ2n) is 34.2. The van der Waals surface area contributed by atoms with Crippen molar-refractivity contribution in [2.45, 2.75) is 201 Å². The van der Waals surface area contributed by atoms with Crippen LogP contribution >= 0.6 is 23.2 Å². The van der Waals surface area contributed by atoms with Gasteiger partial charge < -0.3 is 128 Å². The number of hydrogen-bond acceptors (Lipinski definition) is 27. The first-order valence-electron chi connectivity index (χ1n) is 41.3. The number of fused-ring (bicyclic) bond motifs is 15. The van der Waals surface area contributed by atoms with Gasteiger partial charge in [0.1, 0.15) is 108 Å². The monoisotopic (exact) mass is 1760 g/mol. The molecule has 0 aromatic heterocycles. The summed E-state index contributed by atoms with van der Waals surface area (Å²) in [6.45, 7) is 5.62. The van der Waals surface area contributed by atoms with E-state index in [9.17, 15) is 65.4 Å². The molecule has 5 aliphatic carbocycles. The molecule has 0 radical (unpaired) electrons. The van der Waals surface area contributed by atoms with Crippen molar-refractivity contribution in [3.63, 3.8) is 0 Å². The van der Waals surface area contributed by atoms with Crippen LogP contribution < -0.4 is 72.5 Å². The third kappa shape index (κ3) is 19.3. The van der Waals surface area contributed by atoms with Gasteiger partial charge in [0.2, 0.25) is 58.9 Å². The molecule has 6 aliphatic heterocycles. The Labute approximate surface area is 721 Å². The lowest BCUT2D eigenvalue weighted by Crippen LogP contribution is -2.63. The van der Waals surface area contributed by atoms with Gasteiger partial charge in [-0.15, -0.1) is 0 Å². The summed E-state index contributed by atoms with van der Waals surface area (Å²) in [4.78, 5) is 139. The van der Waals surface area contributed by atoms with Crippen LogP contribution in [-0.2, 0) is 59.0 Å². The number of amides is 9. The van der Waals surface area contributed by atoms with E-state index < -0.39 is 222 Å². The summed E-state index contributed by atoms with van der Waals surface area (Å²) in [6, 6.07) is 6.18. The fraction of sp³-hybridized carbons (Fsp3) is 0.483. The van der Waals surface area contributed by atoms with Crippen LogP contribution in [0.25, 0.3) is 11.1 Å². The van der Waals surface area contributed by atoms with E-state index in [4.69, 9.17) is 57.4 Å². The predicted molar refractivity (Wildman–Crippen MR) is 441 cm³/mol. The van der Waals surface area contributed by atoms with E-state index in [0.717, 1.165) is 86.7 Å². The molecule has 6 fully saturated rings. The van der Waals surface area contributed by atoms with Gasteiger partial charge in [-0.05, 0) is 196 Å². The van der Waals surface area contributed by atoms with E-state index in [1.165, 1.54) is 62.5 Å². The molecule has 11 aliphatic rings. The minimum Gasteiger partial charge on any atom is -0.508 e. The topological polar surface area (TPSA) is 546 Å². The third-order valence-corrected chi connectivity index (χ3v) is 25.3. The normalized spacial score (nSPS) is 30.5. The number of hydrogen-bond donors (Lipinski definition) is 20. The molecule has 6 heterocycles. The second kappa shape index (κ2) is 37.3. The van der Waals surface area contributed by atoms with Crippen molar-refractivity contribution in [1.29, 1.82) is 0 Å². The molecule has 5 saturated carbocycles. The number of phenolic OH excluding ortho intramolecular Hbond substituents is 3. The van der Waals surface area contributed by atoms with Crippen molar-refractivity contribution < 1.29 is 123 Å². The van der Waals surface area contributed by atoms with Crippen molar-refractivity contribution >= 4 is 76.4 Å². The lowest BCUT2D eigenvalue weighted by Gasteiger charge is -2.54. The average Bonchev–Trinajstić information content (AvgIpc) is 0.754. The largest absolute Gasteiger partial charge is 0.508 e. The fourth-order valence-electron chi connectivity index (χ4n) is 18.7. The summed E-state index contributed by atoms with van der Waals surface area (Å²) in [7, 11) is 1.48. The van der Waals surface area contributed by atoms with Crippen LogP contribution in [0.2, 0.25) is 10.0 Å². The Balaban J connectivity index is 0.959. The SMILES string of the molecule is CN[C@H](CC(C)C)C(=O)N[C@H]1C(=O)N[C@@H](CC(=O)NC(=O)Cc2ccc(OCCO)cc2)C(=O)N[C@H]2C(=O)N[C@H]3C(=O)N[C@H](C(=O)N[C@H](C(=O)NC4C5CC6CC(C5)CC4C6)c4cc(O)cc(O)c4-c4cc3ccc4O)[C@H](O)c3ccc(c(Cl)c3)Oc3cc2cc(c3O[C@@H]2C[C@H](CO)[C@@H](O)[C@H](O)[C@H]2O[C@H]2C[C@](C)(N)[C@H](O)[C@H](C)O2)Oc2ccc(cc2Cl)[C@H]1O. The fourth-order valence-corrected chi connectivity index (χ4v) is 19.1. The lowest BCUT2D eigenvalue weighted by molar-refractivity contribution is -0.286. The van der Waals surface area contributed by atoms with Crippen LogP contribution in [0, 0.1) is 35.5 Å². The predicted octanol–water partition coefficient (Wildman–Crippen LogP) is 3.40. The van der Waals surface area contributed by atoms with E-state index in [0.29, 0.717) is 23.1 Å². The van der Waals surface area contributed by atoms with Crippen molar-refractivity contribution in [3.05, 3.63) is 147 Å². The summed E-state index contributed by atoms with van der Waals surface area (Å²) < 4.78 is 38.7. The summed E-state index contributed by atoms with van der Waals surface area (Å²) in [5.74, 6) is -15.1. The Kier molecular flexibility index (Phi) is 27.0. The highest BCUT2D eigenvalue weighted by atomic mass is 35.5. The van der Waals surface area contributed by atoms with Crippen molar-refractivity contribution in [3.8, 4) is 62.9 Å².